The lowest BCUT2D eigenvalue weighted by atomic mass is 10.2. The van der Waals surface area contributed by atoms with Crippen LogP contribution in [0.4, 0.5) is 0 Å². The average molecular weight is 510 g/mol. The fourth-order valence-corrected chi connectivity index (χ4v) is 9.24. The van der Waals surface area contributed by atoms with Gasteiger partial charge in [0, 0.05) is 38.8 Å². The lowest BCUT2D eigenvalue weighted by Gasteiger charge is -2.29. The first-order valence-corrected chi connectivity index (χ1v) is 14.7. The van der Waals surface area contributed by atoms with Gasteiger partial charge in [-0.2, -0.15) is 0 Å². The van der Waals surface area contributed by atoms with Crippen molar-refractivity contribution in [2.24, 2.45) is 0 Å². The van der Waals surface area contributed by atoms with E-state index in [-0.39, 0.29) is 0 Å². The Morgan fingerprint density at radius 1 is 0.684 bits per heavy atom. The van der Waals surface area contributed by atoms with E-state index in [4.69, 9.17) is 4.98 Å². The summed E-state index contributed by atoms with van der Waals surface area (Å²) >= 11 is 0. The maximum absolute atomic E-state index is 15.3. The summed E-state index contributed by atoms with van der Waals surface area (Å²) in [6.07, 6.45) is 0.781. The van der Waals surface area contributed by atoms with Gasteiger partial charge in [0.1, 0.15) is 5.82 Å². The van der Waals surface area contributed by atoms with Crippen LogP contribution in [0.3, 0.4) is 0 Å². The van der Waals surface area contributed by atoms with E-state index in [1.165, 1.54) is 10.8 Å². The molecule has 1 aliphatic rings. The quantitative estimate of drug-likeness (QED) is 0.251. The van der Waals surface area contributed by atoms with Gasteiger partial charge in [0.25, 0.3) is 0 Å². The molecule has 0 saturated heterocycles. The molecule has 4 nitrogen and oxygen atoms in total. The molecule has 0 saturated carbocycles. The number of nitrogens with zero attached hydrogens (tertiary/aromatic N) is 3. The van der Waals surface area contributed by atoms with Crippen molar-refractivity contribution >= 4 is 55.9 Å². The van der Waals surface area contributed by atoms with Crippen molar-refractivity contribution in [1.29, 1.82) is 0 Å². The van der Waals surface area contributed by atoms with Crippen molar-refractivity contribution in [2.75, 3.05) is 0 Å². The Bertz CT molecular complexity index is 2050. The third kappa shape index (κ3) is 2.70. The molecule has 182 valence electrons. The Labute approximate surface area is 220 Å². The summed E-state index contributed by atoms with van der Waals surface area (Å²) in [5.41, 5.74) is 6.16. The highest BCUT2D eigenvalue weighted by molar-refractivity contribution is 7.86. The number of aromatic nitrogens is 3. The largest absolute Gasteiger partial charge is 0.309 e. The van der Waals surface area contributed by atoms with E-state index >= 15 is 4.57 Å². The summed E-state index contributed by atoms with van der Waals surface area (Å²) in [5.74, 6) is 0.979. The van der Waals surface area contributed by atoms with E-state index < -0.39 is 7.14 Å². The van der Waals surface area contributed by atoms with Crippen LogP contribution in [0, 0.1) is 0 Å². The van der Waals surface area contributed by atoms with Gasteiger partial charge in [0.2, 0.25) is 0 Å². The molecule has 3 heterocycles. The molecular formula is C33H24N3OP. The summed E-state index contributed by atoms with van der Waals surface area (Å²) in [6.45, 7) is 2.13. The van der Waals surface area contributed by atoms with E-state index in [1.54, 1.807) is 0 Å². The molecule has 5 aromatic carbocycles. The first-order valence-electron chi connectivity index (χ1n) is 13.0. The van der Waals surface area contributed by atoms with Crippen LogP contribution in [-0.2, 0) is 11.0 Å². The fraction of sp³-hybridized carbons (Fsp3) is 0.0606. The van der Waals surface area contributed by atoms with Crippen molar-refractivity contribution in [1.82, 2.24) is 14.1 Å². The van der Waals surface area contributed by atoms with Crippen LogP contribution < -0.4 is 15.9 Å². The van der Waals surface area contributed by atoms with Gasteiger partial charge in [0.15, 0.2) is 7.14 Å². The molecule has 8 rings (SSSR count). The number of para-hydroxylation sites is 3. The molecule has 0 bridgehead atoms. The summed E-state index contributed by atoms with van der Waals surface area (Å²) in [7, 11) is -3.12. The van der Waals surface area contributed by atoms with Gasteiger partial charge >= 0.3 is 0 Å². The minimum absolute atomic E-state index is 0.781. The predicted molar refractivity (Wildman–Crippen MR) is 158 cm³/mol. The third-order valence-corrected chi connectivity index (χ3v) is 11.0. The van der Waals surface area contributed by atoms with Crippen LogP contribution in [0.5, 0.6) is 0 Å². The average Bonchev–Trinajstić information content (AvgIpc) is 3.52. The maximum atomic E-state index is 15.3. The number of aryl methyl sites for hydroxylation is 1. The zero-order valence-electron chi connectivity index (χ0n) is 20.9. The molecule has 5 heteroatoms. The van der Waals surface area contributed by atoms with E-state index in [9.17, 15) is 0 Å². The minimum atomic E-state index is -3.12. The highest BCUT2D eigenvalue weighted by atomic mass is 31.2. The fourth-order valence-electron chi connectivity index (χ4n) is 6.25. The zero-order valence-corrected chi connectivity index (χ0v) is 21.8. The zero-order chi connectivity index (χ0) is 25.4. The SMILES string of the molecule is CCc1nc2cccc3c2n1-c1cc(-n2c4ccccc4c4ccccc42)ccc1P3(=O)c1ccccc1. The molecule has 1 unspecified atom stereocenters. The van der Waals surface area contributed by atoms with Gasteiger partial charge in [-0.15, -0.1) is 0 Å². The van der Waals surface area contributed by atoms with Crippen molar-refractivity contribution < 1.29 is 4.57 Å². The number of rotatable bonds is 3. The van der Waals surface area contributed by atoms with E-state index in [1.807, 2.05) is 48.5 Å². The summed E-state index contributed by atoms with van der Waals surface area (Å²) in [4.78, 5) is 4.99. The van der Waals surface area contributed by atoms with Gasteiger partial charge in [-0.3, -0.25) is 4.57 Å². The summed E-state index contributed by atoms with van der Waals surface area (Å²) in [6, 6.07) is 39.5. The second kappa shape index (κ2) is 7.80. The number of imidazole rings is 1. The second-order valence-corrected chi connectivity index (χ2v) is 12.5. The van der Waals surface area contributed by atoms with Crippen LogP contribution in [-0.4, -0.2) is 14.1 Å². The standard InChI is InChI=1S/C33H24N3OP/c1-2-32-34-26-15-10-18-31-33(26)36(32)29-21-22(19-20-30(29)38(31,37)23-11-4-3-5-12-23)35-27-16-8-6-13-24(27)25-14-7-9-17-28(25)35/h3-21H,2H2,1H3. The minimum Gasteiger partial charge on any atom is -0.309 e. The van der Waals surface area contributed by atoms with Crippen molar-refractivity contribution in [3.8, 4) is 11.4 Å². The first-order chi connectivity index (χ1) is 18.7. The van der Waals surface area contributed by atoms with Crippen LogP contribution in [0.1, 0.15) is 12.7 Å². The monoisotopic (exact) mass is 509 g/mol. The number of benzene rings is 5. The normalized spacial score (nSPS) is 16.3. The molecule has 0 radical (unpaired) electrons. The molecule has 0 aliphatic carbocycles. The topological polar surface area (TPSA) is 39.8 Å². The summed E-state index contributed by atoms with van der Waals surface area (Å²) in [5, 5.41) is 5.02. The Balaban J connectivity index is 1.51. The number of hydrogen-bond acceptors (Lipinski definition) is 2. The smallest absolute Gasteiger partial charge is 0.175 e. The third-order valence-electron chi connectivity index (χ3n) is 7.88. The molecular weight excluding hydrogens is 485 g/mol. The lowest BCUT2D eigenvalue weighted by Crippen LogP contribution is -2.33. The molecule has 7 aromatic rings. The molecule has 1 aliphatic heterocycles. The highest BCUT2D eigenvalue weighted by Crippen LogP contribution is 2.49. The Morgan fingerprint density at radius 2 is 1.37 bits per heavy atom. The van der Waals surface area contributed by atoms with Gasteiger partial charge in [-0.1, -0.05) is 79.7 Å². The van der Waals surface area contributed by atoms with Gasteiger partial charge in [0.05, 0.1) is 27.8 Å². The van der Waals surface area contributed by atoms with Crippen LogP contribution in [0.15, 0.2) is 115 Å². The van der Waals surface area contributed by atoms with Crippen molar-refractivity contribution in [3.05, 3.63) is 121 Å². The molecule has 0 amide bonds. The van der Waals surface area contributed by atoms with E-state index in [2.05, 4.69) is 82.8 Å². The lowest BCUT2D eigenvalue weighted by molar-refractivity contribution is 0.592. The van der Waals surface area contributed by atoms with E-state index in [0.29, 0.717) is 0 Å². The molecule has 0 N–H and O–H groups in total. The van der Waals surface area contributed by atoms with Crippen LogP contribution in [0.2, 0.25) is 0 Å². The highest BCUT2D eigenvalue weighted by Gasteiger charge is 2.39. The van der Waals surface area contributed by atoms with Gasteiger partial charge < -0.3 is 9.13 Å². The molecule has 0 fully saturated rings. The van der Waals surface area contributed by atoms with Crippen molar-refractivity contribution in [2.45, 2.75) is 13.3 Å². The Kier molecular flexibility index (Phi) is 4.45. The second-order valence-electron chi connectivity index (χ2n) is 9.85. The van der Waals surface area contributed by atoms with Gasteiger partial charge in [-0.05, 0) is 42.5 Å². The molecule has 1 atom stereocenters. The molecule has 0 spiro atoms. The Hall–Kier alpha value is -4.40. The number of fused-ring (bicyclic) bond motifs is 5. The predicted octanol–water partition coefficient (Wildman–Crippen LogP) is 6.64. The summed E-state index contributed by atoms with van der Waals surface area (Å²) < 4.78 is 19.9. The number of hydrogen-bond donors (Lipinski definition) is 0. The first kappa shape index (κ1) is 21.7. The van der Waals surface area contributed by atoms with Crippen LogP contribution in [0.25, 0.3) is 44.2 Å². The maximum Gasteiger partial charge on any atom is 0.175 e. The molecule has 2 aromatic heterocycles. The van der Waals surface area contributed by atoms with E-state index in [0.717, 1.165) is 61.6 Å². The Morgan fingerprint density at radius 3 is 2.08 bits per heavy atom. The van der Waals surface area contributed by atoms with Gasteiger partial charge in [-0.25, -0.2) is 4.98 Å². The van der Waals surface area contributed by atoms with Crippen LogP contribution >= 0.6 is 7.14 Å². The molecule has 38 heavy (non-hydrogen) atoms. The van der Waals surface area contributed by atoms with Crippen molar-refractivity contribution in [3.63, 3.8) is 0 Å².